The van der Waals surface area contributed by atoms with Crippen LogP contribution < -0.4 is 4.74 Å². The second kappa shape index (κ2) is 11.9. The molecule has 1 heterocycles. The van der Waals surface area contributed by atoms with Crippen molar-refractivity contribution in [2.24, 2.45) is 4.99 Å². The maximum absolute atomic E-state index is 13.2. The van der Waals surface area contributed by atoms with Gasteiger partial charge in [-0.1, -0.05) is 66.7 Å². The highest BCUT2D eigenvalue weighted by atomic mass is 32.2. The molecule has 0 radical (unpaired) electrons. The van der Waals surface area contributed by atoms with E-state index in [1.54, 1.807) is 12.0 Å². The summed E-state index contributed by atoms with van der Waals surface area (Å²) in [5.41, 5.74) is 2.88. The van der Waals surface area contributed by atoms with Crippen LogP contribution in [0.15, 0.2) is 107 Å². The molecule has 1 aliphatic rings. The highest BCUT2D eigenvalue weighted by Gasteiger charge is 2.33. The Hall–Kier alpha value is -3.87. The largest absolute Gasteiger partial charge is 0.489 e. The second-order valence-corrected chi connectivity index (χ2v) is 9.69. The molecule has 0 saturated carbocycles. The van der Waals surface area contributed by atoms with E-state index in [4.69, 9.17) is 14.5 Å². The lowest BCUT2D eigenvalue weighted by Gasteiger charge is -2.15. The van der Waals surface area contributed by atoms with Gasteiger partial charge in [0.25, 0.3) is 5.91 Å². The lowest BCUT2D eigenvalue weighted by Crippen LogP contribution is -2.30. The topological polar surface area (TPSA) is 51.1 Å². The normalized spacial score (nSPS) is 15.7. The number of thioether (sulfide) groups is 1. The molecule has 0 bridgehead atoms. The number of hydrogen-bond acceptors (Lipinski definition) is 5. The molecule has 0 spiro atoms. The van der Waals surface area contributed by atoms with Gasteiger partial charge >= 0.3 is 0 Å². The van der Waals surface area contributed by atoms with E-state index in [9.17, 15) is 4.79 Å². The Morgan fingerprint density at radius 3 is 2.43 bits per heavy atom. The van der Waals surface area contributed by atoms with Crippen LogP contribution in [0.3, 0.4) is 0 Å². The molecule has 0 atom stereocenters. The van der Waals surface area contributed by atoms with Crippen molar-refractivity contribution in [1.82, 2.24) is 4.90 Å². The molecule has 0 unspecified atom stereocenters. The summed E-state index contributed by atoms with van der Waals surface area (Å²) in [6.07, 6.45) is 2.66. The summed E-state index contributed by atoms with van der Waals surface area (Å²) < 4.78 is 11.2. The van der Waals surface area contributed by atoms with E-state index in [1.807, 2.05) is 72.8 Å². The number of rotatable bonds is 9. The van der Waals surface area contributed by atoms with E-state index in [0.29, 0.717) is 29.8 Å². The van der Waals surface area contributed by atoms with Gasteiger partial charge in [0.2, 0.25) is 0 Å². The molecule has 4 aromatic rings. The summed E-state index contributed by atoms with van der Waals surface area (Å²) in [6.45, 7) is 1.65. The molecule has 1 fully saturated rings. The van der Waals surface area contributed by atoms with Gasteiger partial charge in [-0.2, -0.15) is 0 Å². The lowest BCUT2D eigenvalue weighted by atomic mass is 10.1. The summed E-state index contributed by atoms with van der Waals surface area (Å²) in [4.78, 5) is 20.3. The third-order valence-corrected chi connectivity index (χ3v) is 7.00. The zero-order chi connectivity index (χ0) is 25.5. The summed E-state index contributed by atoms with van der Waals surface area (Å²) >= 11 is 1.40. The van der Waals surface area contributed by atoms with Crippen molar-refractivity contribution in [3.05, 3.63) is 113 Å². The van der Waals surface area contributed by atoms with E-state index in [-0.39, 0.29) is 5.91 Å². The molecule has 1 amide bonds. The number of carbonyl (C=O) groups is 1. The zero-order valence-electron chi connectivity index (χ0n) is 20.7. The highest BCUT2D eigenvalue weighted by Crippen LogP contribution is 2.34. The van der Waals surface area contributed by atoms with Crippen LogP contribution in [0.2, 0.25) is 0 Å². The Morgan fingerprint density at radius 2 is 1.65 bits per heavy atom. The molecule has 1 aliphatic heterocycles. The molecule has 186 valence electrons. The van der Waals surface area contributed by atoms with E-state index < -0.39 is 0 Å². The molecule has 37 heavy (non-hydrogen) atoms. The molecule has 4 aromatic carbocycles. The molecule has 0 N–H and O–H groups in total. The van der Waals surface area contributed by atoms with Crippen LogP contribution in [0.25, 0.3) is 16.8 Å². The second-order valence-electron chi connectivity index (χ2n) is 8.68. The Morgan fingerprint density at radius 1 is 0.892 bits per heavy atom. The van der Waals surface area contributed by atoms with Crippen molar-refractivity contribution in [2.45, 2.75) is 13.0 Å². The fraction of sp³-hybridized carbons (Fsp3) is 0.161. The number of fused-ring (bicyclic) bond motifs is 1. The maximum Gasteiger partial charge on any atom is 0.266 e. The van der Waals surface area contributed by atoms with Gasteiger partial charge in [-0.15, -0.1) is 0 Å². The first kappa shape index (κ1) is 24.8. The maximum atomic E-state index is 13.2. The van der Waals surface area contributed by atoms with Crippen molar-refractivity contribution in [2.75, 3.05) is 20.3 Å². The number of nitrogens with zero attached hydrogens (tertiary/aromatic N) is 2. The number of hydrogen-bond donors (Lipinski definition) is 0. The number of amides is 1. The van der Waals surface area contributed by atoms with Gasteiger partial charge in [0.05, 0.1) is 10.6 Å². The molecular weight excluding hydrogens is 480 g/mol. The van der Waals surface area contributed by atoms with Gasteiger partial charge in [-0.25, -0.2) is 4.99 Å². The average Bonchev–Trinajstić information content (AvgIpc) is 3.22. The van der Waals surface area contributed by atoms with E-state index in [0.717, 1.165) is 29.0 Å². The van der Waals surface area contributed by atoms with Crippen LogP contribution in [-0.4, -0.2) is 36.2 Å². The Kier molecular flexibility index (Phi) is 7.99. The van der Waals surface area contributed by atoms with Crippen LogP contribution in [0.4, 0.5) is 5.69 Å². The first-order valence-corrected chi connectivity index (χ1v) is 13.1. The highest BCUT2D eigenvalue weighted by molar-refractivity contribution is 8.18. The van der Waals surface area contributed by atoms with Crippen molar-refractivity contribution in [3.63, 3.8) is 0 Å². The molecule has 6 heteroatoms. The summed E-state index contributed by atoms with van der Waals surface area (Å²) in [7, 11) is 1.67. The van der Waals surface area contributed by atoms with E-state index in [2.05, 4.69) is 30.3 Å². The molecule has 0 aliphatic carbocycles. The third-order valence-electron chi connectivity index (χ3n) is 6.00. The van der Waals surface area contributed by atoms with Crippen LogP contribution >= 0.6 is 11.8 Å². The zero-order valence-corrected chi connectivity index (χ0v) is 21.5. The van der Waals surface area contributed by atoms with Crippen LogP contribution in [0.1, 0.15) is 17.5 Å². The minimum atomic E-state index is -0.0348. The predicted molar refractivity (Wildman–Crippen MR) is 152 cm³/mol. The Labute approximate surface area is 221 Å². The van der Waals surface area contributed by atoms with Gasteiger partial charge in [-0.3, -0.25) is 9.69 Å². The molecule has 0 aromatic heterocycles. The first-order chi connectivity index (χ1) is 18.2. The number of ether oxygens (including phenoxy) is 2. The number of methoxy groups -OCH3 is 1. The van der Waals surface area contributed by atoms with Gasteiger partial charge in [0.15, 0.2) is 5.17 Å². The van der Waals surface area contributed by atoms with Crippen LogP contribution in [0, 0.1) is 0 Å². The fourth-order valence-electron chi connectivity index (χ4n) is 4.08. The smallest absolute Gasteiger partial charge is 0.266 e. The molecule has 1 saturated heterocycles. The minimum Gasteiger partial charge on any atom is -0.489 e. The quantitative estimate of drug-likeness (QED) is 0.179. The monoisotopic (exact) mass is 508 g/mol. The minimum absolute atomic E-state index is 0.0348. The standard InChI is InChI=1S/C31H28N2O3S/c1-35-19-7-18-33-30(34)29(37-31(33)32-27-10-3-2-4-11-27)21-23-13-16-28(17-14-23)36-22-24-12-15-25-8-5-6-9-26(25)20-24/h2-6,8-17,20-21H,7,18-19,22H2,1H3/b29-21-,32-31?. The van der Waals surface area contributed by atoms with Crippen LogP contribution in [0.5, 0.6) is 5.75 Å². The van der Waals surface area contributed by atoms with Crippen molar-refractivity contribution >= 4 is 45.4 Å². The van der Waals surface area contributed by atoms with Crippen molar-refractivity contribution in [1.29, 1.82) is 0 Å². The van der Waals surface area contributed by atoms with Gasteiger partial charge < -0.3 is 9.47 Å². The Bertz CT molecular complexity index is 1430. The number of carbonyl (C=O) groups excluding carboxylic acids is 1. The molecule has 5 nitrogen and oxygen atoms in total. The van der Waals surface area contributed by atoms with Gasteiger partial charge in [-0.05, 0) is 76.5 Å². The average molecular weight is 509 g/mol. The summed E-state index contributed by atoms with van der Waals surface area (Å²) in [6, 6.07) is 32.2. The number of amidine groups is 1. The van der Waals surface area contributed by atoms with Crippen molar-refractivity contribution in [3.8, 4) is 5.75 Å². The van der Waals surface area contributed by atoms with Gasteiger partial charge in [0, 0.05) is 20.3 Å². The van der Waals surface area contributed by atoms with Gasteiger partial charge in [0.1, 0.15) is 12.4 Å². The number of para-hydroxylation sites is 1. The van der Waals surface area contributed by atoms with E-state index >= 15 is 0 Å². The molecular formula is C31H28N2O3S. The summed E-state index contributed by atoms with van der Waals surface area (Å²) in [5, 5.41) is 3.11. The predicted octanol–water partition coefficient (Wildman–Crippen LogP) is 7.06. The SMILES string of the molecule is COCCCN1C(=O)/C(=C/c2ccc(OCc3ccc4ccccc4c3)cc2)SC1=Nc1ccccc1. The number of benzene rings is 4. The van der Waals surface area contributed by atoms with Crippen molar-refractivity contribution < 1.29 is 14.3 Å². The Balaban J connectivity index is 1.28. The lowest BCUT2D eigenvalue weighted by molar-refractivity contribution is -0.122. The first-order valence-electron chi connectivity index (χ1n) is 12.2. The van der Waals surface area contributed by atoms with Crippen LogP contribution in [-0.2, 0) is 16.1 Å². The van der Waals surface area contributed by atoms with E-state index in [1.165, 1.54) is 22.5 Å². The third kappa shape index (κ3) is 6.28. The number of aliphatic imine (C=N–C) groups is 1. The molecule has 5 rings (SSSR count). The summed E-state index contributed by atoms with van der Waals surface area (Å²) in [5.74, 6) is 0.751. The fourth-order valence-corrected chi connectivity index (χ4v) is 5.10.